The maximum absolute atomic E-state index is 12.6. The number of carbonyl (C=O) groups is 1. The summed E-state index contributed by atoms with van der Waals surface area (Å²) < 4.78 is 25.1. The Morgan fingerprint density at radius 2 is 1.73 bits per heavy atom. The van der Waals surface area contributed by atoms with Gasteiger partial charge in [-0.25, -0.2) is 0 Å². The molecule has 0 radical (unpaired) electrons. The van der Waals surface area contributed by atoms with E-state index in [1.54, 1.807) is 0 Å². The molecule has 0 unspecified atom stereocenters. The number of hydrogen-bond donors (Lipinski definition) is 0. The Hall–Kier alpha value is -0.730. The molecule has 0 saturated heterocycles. The van der Waals surface area contributed by atoms with Crippen LogP contribution in [-0.2, 0) is 4.79 Å². The third kappa shape index (κ3) is 2.41. The predicted octanol–water partition coefficient (Wildman–Crippen LogP) is 2.42. The minimum absolute atomic E-state index is 0.376. The second-order valence-corrected chi connectivity index (χ2v) is 3.41. The largest absolute Gasteiger partial charge is 0.323 e. The molecule has 0 saturated carbocycles. The van der Waals surface area contributed by atoms with Crippen LogP contribution in [0.5, 0.6) is 0 Å². The minimum atomic E-state index is -3.39. The Morgan fingerprint density at radius 3 is 1.82 bits per heavy atom. The van der Waals surface area contributed by atoms with E-state index in [2.05, 4.69) is 6.58 Å². The number of halogens is 2. The Labute approximate surface area is 65.1 Å². The SMILES string of the molecule is C=CC(F)(F)C(=O)C(C)(C)C. The highest BCUT2D eigenvalue weighted by molar-refractivity contribution is 5.91. The van der Waals surface area contributed by atoms with Crippen molar-refractivity contribution in [2.75, 3.05) is 0 Å². The van der Waals surface area contributed by atoms with Gasteiger partial charge in [0.2, 0.25) is 5.78 Å². The van der Waals surface area contributed by atoms with Gasteiger partial charge in [-0.3, -0.25) is 4.79 Å². The number of ketones is 1. The lowest BCUT2D eigenvalue weighted by atomic mass is 9.87. The van der Waals surface area contributed by atoms with Crippen molar-refractivity contribution < 1.29 is 13.6 Å². The molecule has 0 bridgehead atoms. The van der Waals surface area contributed by atoms with E-state index in [1.807, 2.05) is 0 Å². The van der Waals surface area contributed by atoms with Crippen molar-refractivity contribution in [3.05, 3.63) is 12.7 Å². The van der Waals surface area contributed by atoms with Gasteiger partial charge >= 0.3 is 5.92 Å². The van der Waals surface area contributed by atoms with E-state index >= 15 is 0 Å². The molecule has 0 rings (SSSR count). The van der Waals surface area contributed by atoms with Crippen molar-refractivity contribution in [1.29, 1.82) is 0 Å². The van der Waals surface area contributed by atoms with E-state index in [-0.39, 0.29) is 0 Å². The number of allylic oxidation sites excluding steroid dienone is 1. The highest BCUT2D eigenvalue weighted by atomic mass is 19.3. The zero-order chi connectivity index (χ0) is 9.28. The summed E-state index contributed by atoms with van der Waals surface area (Å²) in [7, 11) is 0. The molecule has 0 aliphatic carbocycles. The van der Waals surface area contributed by atoms with Crippen LogP contribution in [-0.4, -0.2) is 11.7 Å². The van der Waals surface area contributed by atoms with Crippen LogP contribution in [0.1, 0.15) is 20.8 Å². The van der Waals surface area contributed by atoms with Crippen molar-refractivity contribution in [3.8, 4) is 0 Å². The van der Waals surface area contributed by atoms with E-state index in [0.29, 0.717) is 6.08 Å². The van der Waals surface area contributed by atoms with Crippen LogP contribution >= 0.6 is 0 Å². The summed E-state index contributed by atoms with van der Waals surface area (Å²) in [5, 5.41) is 0. The fraction of sp³-hybridized carbons (Fsp3) is 0.625. The second-order valence-electron chi connectivity index (χ2n) is 3.41. The molecule has 0 fully saturated rings. The van der Waals surface area contributed by atoms with Crippen molar-refractivity contribution in [1.82, 2.24) is 0 Å². The average Bonchev–Trinajstić information content (AvgIpc) is 1.84. The number of rotatable bonds is 2. The van der Waals surface area contributed by atoms with Gasteiger partial charge in [-0.05, 0) is 6.08 Å². The Balaban J connectivity index is 4.63. The smallest absolute Gasteiger partial charge is 0.292 e. The molecule has 0 aliphatic rings. The summed E-state index contributed by atoms with van der Waals surface area (Å²) >= 11 is 0. The van der Waals surface area contributed by atoms with Gasteiger partial charge in [-0.1, -0.05) is 27.4 Å². The van der Waals surface area contributed by atoms with E-state index in [4.69, 9.17) is 0 Å². The van der Waals surface area contributed by atoms with Gasteiger partial charge in [0.05, 0.1) is 0 Å². The summed E-state index contributed by atoms with van der Waals surface area (Å²) in [6, 6.07) is 0. The molecule has 11 heavy (non-hydrogen) atoms. The first-order valence-electron chi connectivity index (χ1n) is 3.28. The zero-order valence-corrected chi connectivity index (χ0v) is 6.95. The third-order valence-corrected chi connectivity index (χ3v) is 1.24. The molecule has 0 aromatic carbocycles. The van der Waals surface area contributed by atoms with Crippen LogP contribution in [0.4, 0.5) is 8.78 Å². The van der Waals surface area contributed by atoms with Gasteiger partial charge in [0.25, 0.3) is 0 Å². The highest BCUT2D eigenvalue weighted by Gasteiger charge is 2.41. The lowest BCUT2D eigenvalue weighted by Crippen LogP contribution is -2.36. The Kier molecular flexibility index (Phi) is 2.54. The van der Waals surface area contributed by atoms with E-state index in [1.165, 1.54) is 20.8 Å². The summed E-state index contributed by atoms with van der Waals surface area (Å²) in [5.74, 6) is -4.49. The first-order chi connectivity index (χ1) is 4.72. The topological polar surface area (TPSA) is 17.1 Å². The van der Waals surface area contributed by atoms with Crippen LogP contribution in [0, 0.1) is 5.41 Å². The molecular weight excluding hydrogens is 150 g/mol. The lowest BCUT2D eigenvalue weighted by molar-refractivity contribution is -0.145. The van der Waals surface area contributed by atoms with Crippen LogP contribution in [0.25, 0.3) is 0 Å². The quantitative estimate of drug-likeness (QED) is 0.570. The average molecular weight is 162 g/mol. The number of Topliss-reactive ketones (excluding diaryl/α,β-unsaturated/α-hetero) is 1. The summed E-state index contributed by atoms with van der Waals surface area (Å²) in [6.45, 7) is 7.25. The molecule has 0 aliphatic heterocycles. The van der Waals surface area contributed by atoms with Gasteiger partial charge in [-0.2, -0.15) is 8.78 Å². The molecular formula is C8H12F2O. The second kappa shape index (κ2) is 2.72. The van der Waals surface area contributed by atoms with Crippen LogP contribution in [0.3, 0.4) is 0 Å². The molecule has 1 nitrogen and oxygen atoms in total. The maximum Gasteiger partial charge on any atom is 0.323 e. The zero-order valence-electron chi connectivity index (χ0n) is 6.95. The van der Waals surface area contributed by atoms with Crippen molar-refractivity contribution in [2.24, 2.45) is 5.41 Å². The molecule has 0 aromatic rings. The van der Waals surface area contributed by atoms with Crippen LogP contribution < -0.4 is 0 Å². The fourth-order valence-electron chi connectivity index (χ4n) is 0.593. The number of carbonyl (C=O) groups excluding carboxylic acids is 1. The minimum Gasteiger partial charge on any atom is -0.292 e. The normalized spacial score (nSPS) is 12.8. The fourth-order valence-corrected chi connectivity index (χ4v) is 0.593. The lowest BCUT2D eigenvalue weighted by Gasteiger charge is -2.21. The van der Waals surface area contributed by atoms with Gasteiger partial charge in [0.15, 0.2) is 0 Å². The number of alkyl halides is 2. The van der Waals surface area contributed by atoms with E-state index < -0.39 is 17.1 Å². The molecule has 0 heterocycles. The Bertz CT molecular complexity index is 177. The molecule has 3 heteroatoms. The predicted molar refractivity (Wildman–Crippen MR) is 39.6 cm³/mol. The van der Waals surface area contributed by atoms with Crippen LogP contribution in [0.2, 0.25) is 0 Å². The molecule has 64 valence electrons. The molecule has 0 amide bonds. The van der Waals surface area contributed by atoms with Crippen molar-refractivity contribution >= 4 is 5.78 Å². The van der Waals surface area contributed by atoms with E-state index in [9.17, 15) is 13.6 Å². The first-order valence-corrected chi connectivity index (χ1v) is 3.28. The first kappa shape index (κ1) is 10.3. The number of hydrogen-bond acceptors (Lipinski definition) is 1. The van der Waals surface area contributed by atoms with Crippen molar-refractivity contribution in [2.45, 2.75) is 26.7 Å². The molecule has 0 spiro atoms. The highest BCUT2D eigenvalue weighted by Crippen LogP contribution is 2.27. The molecule has 0 atom stereocenters. The molecule has 0 aromatic heterocycles. The maximum atomic E-state index is 12.6. The van der Waals surface area contributed by atoms with Gasteiger partial charge in [-0.15, -0.1) is 0 Å². The summed E-state index contributed by atoms with van der Waals surface area (Å²) in [4.78, 5) is 10.9. The van der Waals surface area contributed by atoms with Gasteiger partial charge in [0, 0.05) is 5.41 Å². The molecule has 0 N–H and O–H groups in total. The van der Waals surface area contributed by atoms with E-state index in [0.717, 1.165) is 0 Å². The van der Waals surface area contributed by atoms with Crippen LogP contribution in [0.15, 0.2) is 12.7 Å². The standard InChI is InChI=1S/C8H12F2O/c1-5-8(9,10)6(11)7(2,3)4/h5H,1H2,2-4H3. The van der Waals surface area contributed by atoms with Crippen molar-refractivity contribution in [3.63, 3.8) is 0 Å². The summed E-state index contributed by atoms with van der Waals surface area (Å²) in [6.07, 6.45) is 0.376. The summed E-state index contributed by atoms with van der Waals surface area (Å²) in [5.41, 5.74) is -1.02. The van der Waals surface area contributed by atoms with Gasteiger partial charge in [0.1, 0.15) is 0 Å². The third-order valence-electron chi connectivity index (χ3n) is 1.24. The monoisotopic (exact) mass is 162 g/mol. The van der Waals surface area contributed by atoms with Gasteiger partial charge < -0.3 is 0 Å². The Morgan fingerprint density at radius 1 is 1.36 bits per heavy atom.